The number of rotatable bonds is 3. The molecular formula is C7H9N5O. The van der Waals surface area contributed by atoms with Crippen LogP contribution in [-0.2, 0) is 18.3 Å². The molecule has 13 heavy (non-hydrogen) atoms. The van der Waals surface area contributed by atoms with E-state index in [-0.39, 0.29) is 0 Å². The number of hydrogen-bond donors (Lipinski definition) is 1. The van der Waals surface area contributed by atoms with Gasteiger partial charge in [-0.05, 0) is 16.3 Å². The Labute approximate surface area is 75.3 Å². The summed E-state index contributed by atoms with van der Waals surface area (Å²) >= 11 is 0. The number of aromatic nitrogens is 4. The number of nitrogens with one attached hydrogen (secondary N) is 1. The van der Waals surface area contributed by atoms with Gasteiger partial charge in [-0.25, -0.2) is 4.68 Å². The Hall–Kier alpha value is -1.90. The van der Waals surface area contributed by atoms with Crippen LogP contribution in [0.5, 0.6) is 0 Å². The summed E-state index contributed by atoms with van der Waals surface area (Å²) in [6.45, 7) is 0.442. The summed E-state index contributed by atoms with van der Waals surface area (Å²) in [5.41, 5.74) is 0. The molecule has 0 saturated heterocycles. The lowest BCUT2D eigenvalue weighted by molar-refractivity contribution is -0.115. The molecule has 0 atom stereocenters. The van der Waals surface area contributed by atoms with Crippen molar-refractivity contribution in [1.29, 1.82) is 0 Å². The predicted octanol–water partition coefficient (Wildman–Crippen LogP) is -1.50. The molecule has 0 saturated carbocycles. The van der Waals surface area contributed by atoms with E-state index < -0.39 is 5.91 Å². The largest absolute Gasteiger partial charge is 0.345 e. The van der Waals surface area contributed by atoms with Gasteiger partial charge in [-0.1, -0.05) is 0 Å². The zero-order chi connectivity index (χ0) is 9.68. The molecule has 1 aromatic heterocycles. The van der Waals surface area contributed by atoms with Gasteiger partial charge in [0.1, 0.15) is 0 Å². The number of aryl methyl sites for hydroxylation is 1. The smallest absolute Gasteiger partial charge is 0.295 e. The summed E-state index contributed by atoms with van der Waals surface area (Å²) in [4.78, 5) is 10.6. The fourth-order valence-corrected chi connectivity index (χ4v) is 0.799. The summed E-state index contributed by atoms with van der Waals surface area (Å²) < 4.78 is 1.54. The minimum Gasteiger partial charge on any atom is -0.345 e. The Balaban J connectivity index is 2.33. The van der Waals surface area contributed by atoms with E-state index >= 15 is 0 Å². The van der Waals surface area contributed by atoms with Gasteiger partial charge >= 0.3 is 0 Å². The van der Waals surface area contributed by atoms with Crippen molar-refractivity contribution in [2.75, 3.05) is 6.54 Å². The second kappa shape index (κ2) is 4.21. The molecule has 68 valence electrons. The van der Waals surface area contributed by atoms with Crippen molar-refractivity contribution in [3.63, 3.8) is 0 Å². The third-order valence-corrected chi connectivity index (χ3v) is 1.47. The highest BCUT2D eigenvalue weighted by Crippen LogP contribution is 1.87. The van der Waals surface area contributed by atoms with Crippen LogP contribution in [0.3, 0.4) is 0 Å². The van der Waals surface area contributed by atoms with Gasteiger partial charge in [0, 0.05) is 20.0 Å². The Kier molecular flexibility index (Phi) is 2.97. The molecule has 1 heterocycles. The van der Waals surface area contributed by atoms with Gasteiger partial charge in [0.05, 0.1) is 0 Å². The number of carbonyl (C=O) groups is 1. The number of amides is 1. The van der Waals surface area contributed by atoms with Gasteiger partial charge in [-0.3, -0.25) is 4.79 Å². The first kappa shape index (κ1) is 9.19. The minimum atomic E-state index is -0.421. The van der Waals surface area contributed by atoms with E-state index in [1.54, 1.807) is 11.7 Å². The number of nitrogens with zero attached hydrogens (tertiary/aromatic N) is 4. The van der Waals surface area contributed by atoms with Crippen molar-refractivity contribution in [1.82, 2.24) is 25.5 Å². The molecule has 0 aromatic carbocycles. The quantitative estimate of drug-likeness (QED) is 0.573. The van der Waals surface area contributed by atoms with Crippen LogP contribution in [0.15, 0.2) is 0 Å². The monoisotopic (exact) mass is 179 g/mol. The molecule has 6 nitrogen and oxygen atoms in total. The summed E-state index contributed by atoms with van der Waals surface area (Å²) in [7, 11) is 1.73. The average Bonchev–Trinajstić information content (AvgIpc) is 2.52. The third-order valence-electron chi connectivity index (χ3n) is 1.47. The molecule has 0 spiro atoms. The molecular weight excluding hydrogens is 170 g/mol. The molecule has 0 bridgehead atoms. The van der Waals surface area contributed by atoms with Crippen molar-refractivity contribution < 1.29 is 4.79 Å². The van der Waals surface area contributed by atoms with Crippen molar-refractivity contribution in [3.8, 4) is 12.3 Å². The van der Waals surface area contributed by atoms with Crippen LogP contribution in [0.2, 0.25) is 0 Å². The lowest BCUT2D eigenvalue weighted by Crippen LogP contribution is -2.24. The summed E-state index contributed by atoms with van der Waals surface area (Å²) in [5.74, 6) is 2.24. The van der Waals surface area contributed by atoms with Crippen LogP contribution in [0.4, 0.5) is 0 Å². The fourth-order valence-electron chi connectivity index (χ4n) is 0.799. The molecule has 0 unspecified atom stereocenters. The molecule has 1 amide bonds. The van der Waals surface area contributed by atoms with Gasteiger partial charge in [0.15, 0.2) is 5.82 Å². The molecule has 0 fully saturated rings. The first-order chi connectivity index (χ1) is 6.24. The molecule has 1 N–H and O–H groups in total. The first-order valence-corrected chi connectivity index (χ1v) is 3.69. The zero-order valence-corrected chi connectivity index (χ0v) is 7.19. The van der Waals surface area contributed by atoms with Gasteiger partial charge in [0.25, 0.3) is 5.91 Å². The maximum absolute atomic E-state index is 10.6. The van der Waals surface area contributed by atoms with E-state index in [0.717, 1.165) is 0 Å². The predicted molar refractivity (Wildman–Crippen MR) is 44.3 cm³/mol. The fraction of sp³-hybridized carbons (Fsp3) is 0.429. The minimum absolute atomic E-state index is 0.421. The highest BCUT2D eigenvalue weighted by Gasteiger charge is 2.01. The van der Waals surface area contributed by atoms with Crippen LogP contribution in [-0.4, -0.2) is 32.7 Å². The van der Waals surface area contributed by atoms with Crippen LogP contribution in [0.25, 0.3) is 0 Å². The van der Waals surface area contributed by atoms with Crippen molar-refractivity contribution in [3.05, 3.63) is 5.82 Å². The summed E-state index contributed by atoms with van der Waals surface area (Å²) in [6.07, 6.45) is 5.42. The Morgan fingerprint density at radius 2 is 2.54 bits per heavy atom. The topological polar surface area (TPSA) is 72.7 Å². The second-order valence-corrected chi connectivity index (χ2v) is 2.37. The standard InChI is InChI=1S/C7H9N5O/c1-3-7(13)8-5-4-6-9-10-11-12(6)2/h1H,4-5H2,2H3,(H,8,13). The van der Waals surface area contributed by atoms with Crippen LogP contribution >= 0.6 is 0 Å². The lowest BCUT2D eigenvalue weighted by atomic mass is 10.4. The van der Waals surface area contributed by atoms with Crippen LogP contribution in [0, 0.1) is 12.3 Å². The summed E-state index contributed by atoms with van der Waals surface area (Å²) in [6, 6.07) is 0. The molecule has 0 aliphatic heterocycles. The Morgan fingerprint density at radius 3 is 3.08 bits per heavy atom. The van der Waals surface area contributed by atoms with Crippen molar-refractivity contribution in [2.24, 2.45) is 7.05 Å². The first-order valence-electron chi connectivity index (χ1n) is 3.69. The average molecular weight is 179 g/mol. The number of tetrazole rings is 1. The van der Waals surface area contributed by atoms with E-state index in [9.17, 15) is 4.79 Å². The normalized spacial score (nSPS) is 9.23. The highest BCUT2D eigenvalue weighted by atomic mass is 16.1. The number of terminal acetylenes is 1. The Bertz CT molecular complexity index is 337. The highest BCUT2D eigenvalue weighted by molar-refractivity contribution is 5.92. The number of hydrogen-bond acceptors (Lipinski definition) is 4. The molecule has 1 rings (SSSR count). The van der Waals surface area contributed by atoms with E-state index in [2.05, 4.69) is 20.8 Å². The van der Waals surface area contributed by atoms with E-state index in [0.29, 0.717) is 18.8 Å². The van der Waals surface area contributed by atoms with Crippen molar-refractivity contribution >= 4 is 5.91 Å². The molecule has 0 aliphatic rings. The maximum atomic E-state index is 10.6. The SMILES string of the molecule is C#CC(=O)NCCc1nnnn1C. The second-order valence-electron chi connectivity index (χ2n) is 2.37. The molecule has 0 aliphatic carbocycles. The van der Waals surface area contributed by atoms with E-state index in [1.807, 2.05) is 5.92 Å². The lowest BCUT2D eigenvalue weighted by Gasteiger charge is -1.98. The van der Waals surface area contributed by atoms with E-state index in [4.69, 9.17) is 6.42 Å². The maximum Gasteiger partial charge on any atom is 0.295 e. The number of carbonyl (C=O) groups excluding carboxylic acids is 1. The van der Waals surface area contributed by atoms with Crippen LogP contribution in [0.1, 0.15) is 5.82 Å². The van der Waals surface area contributed by atoms with Gasteiger partial charge in [-0.2, -0.15) is 0 Å². The molecule has 0 radical (unpaired) electrons. The van der Waals surface area contributed by atoms with Gasteiger partial charge in [-0.15, -0.1) is 11.5 Å². The third kappa shape index (κ3) is 2.56. The molecule has 6 heteroatoms. The van der Waals surface area contributed by atoms with E-state index in [1.165, 1.54) is 0 Å². The Morgan fingerprint density at radius 1 is 1.77 bits per heavy atom. The summed E-state index contributed by atoms with van der Waals surface area (Å²) in [5, 5.41) is 13.3. The molecule has 1 aromatic rings. The van der Waals surface area contributed by atoms with Gasteiger partial charge in [0.2, 0.25) is 0 Å². The van der Waals surface area contributed by atoms with Gasteiger partial charge < -0.3 is 5.32 Å². The van der Waals surface area contributed by atoms with Crippen LogP contribution < -0.4 is 5.32 Å². The van der Waals surface area contributed by atoms with Crippen molar-refractivity contribution in [2.45, 2.75) is 6.42 Å². The zero-order valence-electron chi connectivity index (χ0n) is 7.19.